The van der Waals surface area contributed by atoms with Crippen LogP contribution in [0, 0.1) is 20.8 Å². The molecule has 37 heavy (non-hydrogen) atoms. The highest BCUT2D eigenvalue weighted by Crippen LogP contribution is 2.30. The summed E-state index contributed by atoms with van der Waals surface area (Å²) < 4.78 is 33.4. The van der Waals surface area contributed by atoms with Gasteiger partial charge in [0.2, 0.25) is 11.9 Å². The Bertz CT molecular complexity index is 1190. The van der Waals surface area contributed by atoms with Gasteiger partial charge in [-0.25, -0.2) is 13.1 Å². The second-order valence-electron chi connectivity index (χ2n) is 8.98. The number of aliphatic hydroxyl groups excluding tert-OH is 1. The molecule has 10 nitrogen and oxygen atoms in total. The number of benzene rings is 2. The second-order valence-corrected chi connectivity index (χ2v) is 10.6. The van der Waals surface area contributed by atoms with Crippen LogP contribution in [-0.2, 0) is 21.2 Å². The molecular weight excluding hydrogens is 494 g/mol. The summed E-state index contributed by atoms with van der Waals surface area (Å²) >= 11 is 0. The fourth-order valence-corrected chi connectivity index (χ4v) is 5.48. The van der Waals surface area contributed by atoms with Crippen molar-refractivity contribution in [3.8, 4) is 5.75 Å². The Kier molecular flexibility index (Phi) is 11.4. The van der Waals surface area contributed by atoms with Crippen LogP contribution >= 0.6 is 0 Å². The van der Waals surface area contributed by atoms with Gasteiger partial charge in [0.25, 0.3) is 10.0 Å². The molecule has 7 N–H and O–H groups in total. The Morgan fingerprint density at radius 2 is 1.81 bits per heavy atom. The number of hydrogen-bond donors (Lipinski definition) is 5. The minimum Gasteiger partial charge on any atom is -0.496 e. The molecule has 2 atom stereocenters. The lowest BCUT2D eigenvalue weighted by Crippen LogP contribution is -2.46. The molecule has 0 saturated carbocycles. The number of nitrogens with two attached hydrogens (primary N) is 2. The normalized spacial score (nSPS) is 13.6. The molecule has 2 unspecified atom stereocenters. The summed E-state index contributed by atoms with van der Waals surface area (Å²) in [5, 5.41) is 12.9. The maximum absolute atomic E-state index is 12.9. The molecule has 0 aliphatic rings. The molecule has 0 aliphatic carbocycles. The molecule has 204 valence electrons. The average molecular weight is 534 g/mol. The van der Waals surface area contributed by atoms with Gasteiger partial charge in [0.05, 0.1) is 12.0 Å². The number of amides is 1. The van der Waals surface area contributed by atoms with Gasteiger partial charge in [-0.05, 0) is 74.8 Å². The molecular formula is C26H39N5O5S. The van der Waals surface area contributed by atoms with Crippen LogP contribution < -0.4 is 26.2 Å². The molecule has 0 fully saturated rings. The van der Waals surface area contributed by atoms with Crippen LogP contribution in [0.3, 0.4) is 0 Å². The smallest absolute Gasteiger partial charge is 0.264 e. The number of aliphatic imine (C=N–C) groups is 1. The van der Waals surface area contributed by atoms with E-state index < -0.39 is 28.1 Å². The predicted molar refractivity (Wildman–Crippen MR) is 145 cm³/mol. The number of nitrogens with one attached hydrogen (secondary N) is 2. The maximum Gasteiger partial charge on any atom is 0.264 e. The number of aliphatic hydroxyl groups is 1. The summed E-state index contributed by atoms with van der Waals surface area (Å²) in [7, 11) is -2.42. The fraction of sp³-hybridized carbons (Fsp3) is 0.462. The molecule has 11 heteroatoms. The first-order chi connectivity index (χ1) is 17.5. The number of nitrogens with zero attached hydrogens (tertiary/aromatic N) is 1. The van der Waals surface area contributed by atoms with Gasteiger partial charge in [0, 0.05) is 19.1 Å². The Morgan fingerprint density at radius 3 is 2.46 bits per heavy atom. The van der Waals surface area contributed by atoms with Gasteiger partial charge in [-0.15, -0.1) is 0 Å². The van der Waals surface area contributed by atoms with Crippen molar-refractivity contribution in [2.24, 2.45) is 16.5 Å². The highest BCUT2D eigenvalue weighted by molar-refractivity contribution is 7.90. The van der Waals surface area contributed by atoms with E-state index in [0.717, 1.165) is 18.4 Å². The first-order valence-electron chi connectivity index (χ1n) is 12.2. The SMILES string of the molecule is COc1cc(C)c(S(=O)(=O)NC(N)=NCCCC(N)C(O)C(=O)NCCCc2ccccc2)c(C)c1C. The number of ether oxygens (including phenoxy) is 1. The van der Waals surface area contributed by atoms with Crippen molar-refractivity contribution in [1.82, 2.24) is 10.0 Å². The van der Waals surface area contributed by atoms with Crippen molar-refractivity contribution >= 4 is 21.9 Å². The van der Waals surface area contributed by atoms with Crippen LogP contribution in [0.1, 0.15) is 41.5 Å². The number of guanidine groups is 1. The molecule has 2 aromatic carbocycles. The van der Waals surface area contributed by atoms with Gasteiger partial charge < -0.3 is 26.6 Å². The van der Waals surface area contributed by atoms with Crippen LogP contribution in [0.25, 0.3) is 0 Å². The van der Waals surface area contributed by atoms with Crippen molar-refractivity contribution in [1.29, 1.82) is 0 Å². The van der Waals surface area contributed by atoms with Crippen molar-refractivity contribution < 1.29 is 23.1 Å². The first kappa shape index (κ1) is 30.1. The van der Waals surface area contributed by atoms with Gasteiger partial charge in [-0.3, -0.25) is 9.79 Å². The summed E-state index contributed by atoms with van der Waals surface area (Å²) in [6, 6.07) is 10.8. The zero-order valence-corrected chi connectivity index (χ0v) is 22.8. The Morgan fingerprint density at radius 1 is 1.14 bits per heavy atom. The van der Waals surface area contributed by atoms with E-state index >= 15 is 0 Å². The molecule has 0 radical (unpaired) electrons. The molecule has 0 aliphatic heterocycles. The van der Waals surface area contributed by atoms with Crippen LogP contribution in [0.5, 0.6) is 5.75 Å². The number of aryl methyl sites for hydroxylation is 2. The van der Waals surface area contributed by atoms with Crippen molar-refractivity contribution in [3.63, 3.8) is 0 Å². The Labute approximate surface area is 219 Å². The van der Waals surface area contributed by atoms with E-state index in [0.29, 0.717) is 36.3 Å². The third-order valence-corrected chi connectivity index (χ3v) is 7.79. The van der Waals surface area contributed by atoms with Gasteiger partial charge in [0.1, 0.15) is 11.9 Å². The summed E-state index contributed by atoms with van der Waals surface area (Å²) in [5.74, 6) is -0.163. The minimum atomic E-state index is -3.95. The Hall–Kier alpha value is -3.15. The number of rotatable bonds is 13. The monoisotopic (exact) mass is 533 g/mol. The van der Waals surface area contributed by atoms with Crippen LogP contribution in [0.15, 0.2) is 46.3 Å². The molecule has 2 rings (SSSR count). The van der Waals surface area contributed by atoms with E-state index in [1.165, 1.54) is 12.7 Å². The maximum atomic E-state index is 12.9. The minimum absolute atomic E-state index is 0.129. The quantitative estimate of drug-likeness (QED) is 0.147. The largest absolute Gasteiger partial charge is 0.496 e. The van der Waals surface area contributed by atoms with Crippen LogP contribution in [0.4, 0.5) is 0 Å². The fourth-order valence-electron chi connectivity index (χ4n) is 4.00. The van der Waals surface area contributed by atoms with Gasteiger partial charge >= 0.3 is 0 Å². The van der Waals surface area contributed by atoms with E-state index in [2.05, 4.69) is 15.0 Å². The number of carbonyl (C=O) groups is 1. The molecule has 0 aromatic heterocycles. The standard InChI is InChI=1S/C26H39N5O5S/c1-17-16-22(36-4)18(2)19(3)24(17)37(34,35)31-26(28)30-15-9-13-21(27)23(32)25(33)29-14-8-12-20-10-6-5-7-11-20/h5-7,10-11,16,21,23,32H,8-9,12-15,27H2,1-4H3,(H,29,33)(H3,28,30,31). The van der Waals surface area contributed by atoms with Crippen molar-refractivity contribution in [2.75, 3.05) is 20.2 Å². The van der Waals surface area contributed by atoms with E-state index in [1.807, 2.05) is 30.3 Å². The number of methoxy groups -OCH3 is 1. The highest BCUT2D eigenvalue weighted by Gasteiger charge is 2.24. The zero-order chi connectivity index (χ0) is 27.6. The molecule has 0 saturated heterocycles. The topological polar surface area (TPSA) is 169 Å². The third-order valence-electron chi connectivity index (χ3n) is 6.14. The first-order valence-corrected chi connectivity index (χ1v) is 13.7. The summed E-state index contributed by atoms with van der Waals surface area (Å²) in [4.78, 5) is 16.4. The summed E-state index contributed by atoms with van der Waals surface area (Å²) in [6.45, 7) is 5.78. The average Bonchev–Trinajstić information content (AvgIpc) is 2.86. The lowest BCUT2D eigenvalue weighted by atomic mass is 10.1. The highest BCUT2D eigenvalue weighted by atomic mass is 32.2. The molecule has 0 heterocycles. The summed E-state index contributed by atoms with van der Waals surface area (Å²) in [5.41, 5.74) is 14.8. The molecule has 0 bridgehead atoms. The third kappa shape index (κ3) is 8.73. The van der Waals surface area contributed by atoms with Crippen LogP contribution in [0.2, 0.25) is 0 Å². The number of carbonyl (C=O) groups excluding carboxylic acids is 1. The predicted octanol–water partition coefficient (Wildman–Crippen LogP) is 1.43. The Balaban J connectivity index is 1.80. The summed E-state index contributed by atoms with van der Waals surface area (Å²) in [6.07, 6.45) is 0.931. The van der Waals surface area contributed by atoms with Crippen LogP contribution in [-0.4, -0.2) is 57.7 Å². The molecule has 1 amide bonds. The number of hydrogen-bond acceptors (Lipinski definition) is 7. The van der Waals surface area contributed by atoms with E-state index in [-0.39, 0.29) is 17.4 Å². The van der Waals surface area contributed by atoms with E-state index in [4.69, 9.17) is 16.2 Å². The van der Waals surface area contributed by atoms with Crippen molar-refractivity contribution in [2.45, 2.75) is 63.5 Å². The van der Waals surface area contributed by atoms with Gasteiger partial charge in [-0.2, -0.15) is 0 Å². The zero-order valence-electron chi connectivity index (χ0n) is 22.0. The molecule has 0 spiro atoms. The lowest BCUT2D eigenvalue weighted by molar-refractivity contribution is -0.130. The second kappa shape index (κ2) is 14.0. The van der Waals surface area contributed by atoms with Gasteiger partial charge in [0.15, 0.2) is 0 Å². The van der Waals surface area contributed by atoms with Crippen molar-refractivity contribution in [3.05, 3.63) is 58.7 Å². The molecule has 2 aromatic rings. The lowest BCUT2D eigenvalue weighted by Gasteiger charge is -2.18. The van der Waals surface area contributed by atoms with E-state index in [9.17, 15) is 18.3 Å². The van der Waals surface area contributed by atoms with E-state index in [1.54, 1.807) is 26.8 Å². The number of sulfonamides is 1. The van der Waals surface area contributed by atoms with Gasteiger partial charge in [-0.1, -0.05) is 30.3 Å².